The average Bonchev–Trinajstić information content (AvgIpc) is 3.27. The number of halogens is 1. The van der Waals surface area contributed by atoms with E-state index in [0.717, 1.165) is 30.9 Å². The van der Waals surface area contributed by atoms with Gasteiger partial charge in [0.15, 0.2) is 11.5 Å². The van der Waals surface area contributed by atoms with Crippen LogP contribution < -0.4 is 4.74 Å². The first-order valence-electron chi connectivity index (χ1n) is 10.3. The number of pyridine rings is 1. The SMILES string of the molecule is Cc1ccc(-n2nccn2)c(C(=O)N2C3CC(C3)C(C)C2COc2ncc(F)cn2)n1. The third-order valence-corrected chi connectivity index (χ3v) is 6.32. The first kappa shape index (κ1) is 19.5. The van der Waals surface area contributed by atoms with Crippen molar-refractivity contribution < 1.29 is 13.9 Å². The predicted molar refractivity (Wildman–Crippen MR) is 107 cm³/mol. The first-order chi connectivity index (χ1) is 15.0. The van der Waals surface area contributed by atoms with Crippen LogP contribution in [0.2, 0.25) is 0 Å². The van der Waals surface area contributed by atoms with Gasteiger partial charge < -0.3 is 9.64 Å². The van der Waals surface area contributed by atoms with Gasteiger partial charge >= 0.3 is 6.01 Å². The van der Waals surface area contributed by atoms with Crippen molar-refractivity contribution in [1.82, 2.24) is 34.8 Å². The second-order valence-electron chi connectivity index (χ2n) is 8.16. The summed E-state index contributed by atoms with van der Waals surface area (Å²) in [5.41, 5.74) is 1.59. The van der Waals surface area contributed by atoms with E-state index in [1.165, 1.54) is 4.80 Å². The zero-order valence-electron chi connectivity index (χ0n) is 17.2. The van der Waals surface area contributed by atoms with Gasteiger partial charge in [-0.15, -0.1) is 4.80 Å². The third kappa shape index (κ3) is 3.51. The van der Waals surface area contributed by atoms with Gasteiger partial charge in [0, 0.05) is 11.7 Å². The van der Waals surface area contributed by atoms with E-state index in [2.05, 4.69) is 32.1 Å². The van der Waals surface area contributed by atoms with E-state index in [4.69, 9.17) is 4.74 Å². The van der Waals surface area contributed by atoms with E-state index in [-0.39, 0.29) is 36.5 Å². The van der Waals surface area contributed by atoms with E-state index in [9.17, 15) is 9.18 Å². The largest absolute Gasteiger partial charge is 0.461 e. The molecule has 2 saturated heterocycles. The highest BCUT2D eigenvalue weighted by Crippen LogP contribution is 2.47. The van der Waals surface area contributed by atoms with Crippen molar-refractivity contribution in [3.63, 3.8) is 0 Å². The van der Waals surface area contributed by atoms with Gasteiger partial charge in [0.25, 0.3) is 5.91 Å². The summed E-state index contributed by atoms with van der Waals surface area (Å²) in [6, 6.07) is 3.71. The second-order valence-corrected chi connectivity index (χ2v) is 8.16. The van der Waals surface area contributed by atoms with Gasteiger partial charge in [-0.1, -0.05) is 6.92 Å². The monoisotopic (exact) mass is 423 g/mol. The molecule has 0 radical (unpaired) electrons. The minimum absolute atomic E-state index is 0.0929. The summed E-state index contributed by atoms with van der Waals surface area (Å²) in [5, 5.41) is 8.35. The minimum atomic E-state index is -0.526. The number of rotatable bonds is 5. The number of piperidine rings is 2. The number of nitrogens with zero attached hydrogens (tertiary/aromatic N) is 7. The number of carbonyl (C=O) groups is 1. The van der Waals surface area contributed by atoms with Crippen LogP contribution in [0.15, 0.2) is 36.9 Å². The Hall–Kier alpha value is -3.43. The Morgan fingerprint density at radius 1 is 1.19 bits per heavy atom. The summed E-state index contributed by atoms with van der Waals surface area (Å²) in [5.74, 6) is 0.0985. The van der Waals surface area contributed by atoms with Crippen molar-refractivity contribution >= 4 is 5.91 Å². The molecule has 3 aliphatic rings. The number of carbonyl (C=O) groups excluding carboxylic acids is 1. The lowest BCUT2D eigenvalue weighted by atomic mass is 9.64. The summed E-state index contributed by atoms with van der Waals surface area (Å²) in [7, 11) is 0. The Labute approximate surface area is 178 Å². The fourth-order valence-corrected chi connectivity index (χ4v) is 4.54. The zero-order valence-corrected chi connectivity index (χ0v) is 17.2. The zero-order chi connectivity index (χ0) is 21.5. The van der Waals surface area contributed by atoms with E-state index < -0.39 is 5.82 Å². The minimum Gasteiger partial charge on any atom is -0.461 e. The highest BCUT2D eigenvalue weighted by Gasteiger charge is 2.51. The van der Waals surface area contributed by atoms with Crippen LogP contribution in [0.5, 0.6) is 6.01 Å². The fraction of sp³-hybridized carbons (Fsp3) is 0.429. The number of amides is 1. The smallest absolute Gasteiger partial charge is 0.316 e. The molecule has 2 atom stereocenters. The molecule has 2 aliphatic heterocycles. The van der Waals surface area contributed by atoms with Crippen LogP contribution in [0.25, 0.3) is 5.69 Å². The molecule has 160 valence electrons. The van der Waals surface area contributed by atoms with Crippen LogP contribution in [0.4, 0.5) is 4.39 Å². The Bertz CT molecular complexity index is 1080. The van der Waals surface area contributed by atoms with Gasteiger partial charge in [0.05, 0.1) is 30.8 Å². The molecule has 3 aromatic rings. The predicted octanol–water partition coefficient (Wildman–Crippen LogP) is 2.22. The molecular weight excluding hydrogens is 401 g/mol. The number of fused-ring (bicyclic) bond motifs is 2. The third-order valence-electron chi connectivity index (χ3n) is 6.32. The molecule has 3 aromatic heterocycles. The van der Waals surface area contributed by atoms with E-state index in [1.807, 2.05) is 24.0 Å². The summed E-state index contributed by atoms with van der Waals surface area (Å²) in [6.45, 7) is 4.22. The summed E-state index contributed by atoms with van der Waals surface area (Å²) in [6.07, 6.45) is 7.19. The van der Waals surface area contributed by atoms with Crippen molar-refractivity contribution in [2.75, 3.05) is 6.61 Å². The molecule has 31 heavy (non-hydrogen) atoms. The molecule has 6 rings (SSSR count). The van der Waals surface area contributed by atoms with Crippen LogP contribution in [0.1, 0.15) is 35.9 Å². The number of aromatic nitrogens is 6. The topological polar surface area (TPSA) is 98.9 Å². The molecule has 1 saturated carbocycles. The molecule has 1 amide bonds. The van der Waals surface area contributed by atoms with E-state index in [1.54, 1.807) is 12.4 Å². The first-order valence-corrected chi connectivity index (χ1v) is 10.3. The highest BCUT2D eigenvalue weighted by molar-refractivity contribution is 5.96. The molecule has 3 fully saturated rings. The Kier molecular flexibility index (Phi) is 4.84. The Balaban J connectivity index is 1.45. The van der Waals surface area contributed by atoms with Crippen LogP contribution in [-0.4, -0.2) is 59.4 Å². The summed E-state index contributed by atoms with van der Waals surface area (Å²) in [4.78, 5) is 29.3. The van der Waals surface area contributed by atoms with E-state index >= 15 is 0 Å². The molecule has 0 aromatic carbocycles. The summed E-state index contributed by atoms with van der Waals surface area (Å²) < 4.78 is 18.8. The van der Waals surface area contributed by atoms with Crippen LogP contribution in [0, 0.1) is 24.6 Å². The highest BCUT2D eigenvalue weighted by atomic mass is 19.1. The quantitative estimate of drug-likeness (QED) is 0.620. The van der Waals surface area contributed by atoms with Gasteiger partial charge in [0.2, 0.25) is 0 Å². The molecule has 1 aliphatic carbocycles. The second kappa shape index (κ2) is 7.68. The Morgan fingerprint density at radius 2 is 1.90 bits per heavy atom. The van der Waals surface area contributed by atoms with Gasteiger partial charge in [0.1, 0.15) is 12.3 Å². The molecule has 2 unspecified atom stereocenters. The number of hydrogen-bond donors (Lipinski definition) is 0. The van der Waals surface area contributed by atoms with Crippen molar-refractivity contribution in [2.24, 2.45) is 11.8 Å². The lowest BCUT2D eigenvalue weighted by molar-refractivity contribution is -0.0681. The van der Waals surface area contributed by atoms with Crippen molar-refractivity contribution in [3.8, 4) is 11.7 Å². The summed E-state index contributed by atoms with van der Waals surface area (Å²) >= 11 is 0. The van der Waals surface area contributed by atoms with Crippen molar-refractivity contribution in [1.29, 1.82) is 0 Å². The van der Waals surface area contributed by atoms with Gasteiger partial charge in [-0.3, -0.25) is 4.79 Å². The normalized spacial score (nSPS) is 24.5. The van der Waals surface area contributed by atoms with Crippen LogP contribution in [0.3, 0.4) is 0 Å². The van der Waals surface area contributed by atoms with Gasteiger partial charge in [-0.2, -0.15) is 10.2 Å². The Morgan fingerprint density at radius 3 is 2.61 bits per heavy atom. The van der Waals surface area contributed by atoms with E-state index in [0.29, 0.717) is 17.3 Å². The van der Waals surface area contributed by atoms with Crippen LogP contribution in [-0.2, 0) is 0 Å². The van der Waals surface area contributed by atoms with Gasteiger partial charge in [-0.05, 0) is 43.7 Å². The number of ether oxygens (including phenoxy) is 1. The lowest BCUT2D eigenvalue weighted by Crippen LogP contribution is -2.64. The van der Waals surface area contributed by atoms with Gasteiger partial charge in [-0.25, -0.2) is 19.3 Å². The molecule has 0 N–H and O–H groups in total. The van der Waals surface area contributed by atoms with Crippen LogP contribution >= 0.6 is 0 Å². The fourth-order valence-electron chi connectivity index (χ4n) is 4.54. The number of hydrogen-bond acceptors (Lipinski definition) is 7. The maximum atomic E-state index is 13.8. The average molecular weight is 423 g/mol. The molecule has 10 heteroatoms. The molecule has 2 bridgehead atoms. The molecule has 5 heterocycles. The maximum Gasteiger partial charge on any atom is 0.316 e. The standard InChI is InChI=1S/C21H22FN7O2/c1-12-3-4-17(29-25-5-6-26-29)19(27-12)20(30)28-16-7-14(8-16)13(2)18(28)11-31-21-23-9-15(22)10-24-21/h3-6,9-10,13-14,16,18H,7-8,11H2,1-2H3. The lowest BCUT2D eigenvalue weighted by Gasteiger charge is -2.56. The van der Waals surface area contributed by atoms with Crippen molar-refractivity contribution in [2.45, 2.75) is 38.8 Å². The molecule has 9 nitrogen and oxygen atoms in total. The molecular formula is C21H22FN7O2. The maximum absolute atomic E-state index is 13.8. The number of aryl methyl sites for hydroxylation is 1. The van der Waals surface area contributed by atoms with Crippen molar-refractivity contribution in [3.05, 3.63) is 54.1 Å². The molecule has 0 spiro atoms.